The van der Waals surface area contributed by atoms with Gasteiger partial charge in [0.1, 0.15) is 5.82 Å². The van der Waals surface area contributed by atoms with Gasteiger partial charge >= 0.3 is 6.18 Å². The van der Waals surface area contributed by atoms with Gasteiger partial charge in [-0.1, -0.05) is 0 Å². The molecule has 9 heteroatoms. The smallest absolute Gasteiger partial charge is 0.338 e. The maximum absolute atomic E-state index is 12.8. The van der Waals surface area contributed by atoms with Crippen molar-refractivity contribution in [2.75, 3.05) is 13.1 Å². The SMILES string of the molecule is Cn1cc(C(F)(F)F)nc1[C@@H]1CCCN(C(=O)c2cn[nH]c2)C1. The summed E-state index contributed by atoms with van der Waals surface area (Å²) in [5, 5.41) is 6.33. The number of aromatic amines is 1. The Kier molecular flexibility index (Phi) is 3.87. The highest BCUT2D eigenvalue weighted by atomic mass is 19.4. The van der Waals surface area contributed by atoms with E-state index in [-0.39, 0.29) is 11.8 Å². The second-order valence-electron chi connectivity index (χ2n) is 5.67. The molecule has 0 saturated carbocycles. The van der Waals surface area contributed by atoms with Crippen molar-refractivity contribution in [3.8, 4) is 0 Å². The summed E-state index contributed by atoms with van der Waals surface area (Å²) in [5.41, 5.74) is -0.449. The van der Waals surface area contributed by atoms with E-state index in [0.29, 0.717) is 30.9 Å². The van der Waals surface area contributed by atoms with Gasteiger partial charge in [-0.25, -0.2) is 4.98 Å². The topological polar surface area (TPSA) is 66.8 Å². The fraction of sp³-hybridized carbons (Fsp3) is 0.500. The monoisotopic (exact) mass is 327 g/mol. The number of piperidine rings is 1. The van der Waals surface area contributed by atoms with Crippen molar-refractivity contribution in [1.82, 2.24) is 24.6 Å². The second kappa shape index (κ2) is 5.71. The number of hydrogen-bond acceptors (Lipinski definition) is 3. The molecule has 1 N–H and O–H groups in total. The van der Waals surface area contributed by atoms with Crippen molar-refractivity contribution < 1.29 is 18.0 Å². The molecular formula is C14H16F3N5O. The Bertz CT molecular complexity index is 692. The van der Waals surface area contributed by atoms with E-state index >= 15 is 0 Å². The molecule has 3 heterocycles. The average molecular weight is 327 g/mol. The highest BCUT2D eigenvalue weighted by Crippen LogP contribution is 2.32. The van der Waals surface area contributed by atoms with Gasteiger partial charge in [0.05, 0.1) is 11.8 Å². The maximum atomic E-state index is 12.8. The molecule has 0 aliphatic carbocycles. The van der Waals surface area contributed by atoms with Gasteiger partial charge in [0.25, 0.3) is 5.91 Å². The summed E-state index contributed by atoms with van der Waals surface area (Å²) in [7, 11) is 1.55. The molecule has 6 nitrogen and oxygen atoms in total. The Morgan fingerprint density at radius 2 is 2.22 bits per heavy atom. The number of hydrogen-bond donors (Lipinski definition) is 1. The minimum Gasteiger partial charge on any atom is -0.338 e. The molecule has 1 aliphatic heterocycles. The minimum absolute atomic E-state index is 0.172. The number of carbonyl (C=O) groups is 1. The normalized spacial score (nSPS) is 19.1. The molecule has 1 aliphatic rings. The van der Waals surface area contributed by atoms with Gasteiger partial charge in [-0.05, 0) is 12.8 Å². The van der Waals surface area contributed by atoms with Crippen LogP contribution in [0.15, 0.2) is 18.6 Å². The van der Waals surface area contributed by atoms with E-state index in [1.54, 1.807) is 11.9 Å². The summed E-state index contributed by atoms with van der Waals surface area (Å²) in [6.07, 6.45) is 0.909. The van der Waals surface area contributed by atoms with Gasteiger partial charge in [-0.2, -0.15) is 18.3 Å². The number of H-pyrrole nitrogens is 1. The number of aromatic nitrogens is 4. The number of halogens is 3. The number of nitrogens with zero attached hydrogens (tertiary/aromatic N) is 4. The number of alkyl halides is 3. The summed E-state index contributed by atoms with van der Waals surface area (Å²) in [6, 6.07) is 0. The molecule has 2 aromatic rings. The van der Waals surface area contributed by atoms with E-state index in [9.17, 15) is 18.0 Å². The Morgan fingerprint density at radius 1 is 1.43 bits per heavy atom. The van der Waals surface area contributed by atoms with E-state index in [4.69, 9.17) is 0 Å². The van der Waals surface area contributed by atoms with Crippen LogP contribution in [0.2, 0.25) is 0 Å². The third-order valence-corrected chi connectivity index (χ3v) is 4.02. The number of carbonyl (C=O) groups excluding carboxylic acids is 1. The van der Waals surface area contributed by atoms with Crippen molar-refractivity contribution in [2.24, 2.45) is 7.05 Å². The van der Waals surface area contributed by atoms with Crippen LogP contribution in [0.25, 0.3) is 0 Å². The molecule has 1 atom stereocenters. The van der Waals surface area contributed by atoms with E-state index in [2.05, 4.69) is 15.2 Å². The van der Waals surface area contributed by atoms with Crippen LogP contribution in [0, 0.1) is 0 Å². The highest BCUT2D eigenvalue weighted by molar-refractivity contribution is 5.93. The molecule has 1 amide bonds. The molecule has 3 rings (SSSR count). The Labute approximate surface area is 130 Å². The van der Waals surface area contributed by atoms with E-state index in [0.717, 1.165) is 12.6 Å². The summed E-state index contributed by atoms with van der Waals surface area (Å²) in [4.78, 5) is 17.7. The van der Waals surface area contributed by atoms with Crippen LogP contribution in [0.5, 0.6) is 0 Å². The van der Waals surface area contributed by atoms with Crippen LogP contribution in [-0.4, -0.2) is 43.6 Å². The quantitative estimate of drug-likeness (QED) is 0.919. The Balaban J connectivity index is 1.79. The largest absolute Gasteiger partial charge is 0.434 e. The highest BCUT2D eigenvalue weighted by Gasteiger charge is 2.36. The molecule has 23 heavy (non-hydrogen) atoms. The molecule has 124 valence electrons. The van der Waals surface area contributed by atoms with Crippen molar-refractivity contribution in [1.29, 1.82) is 0 Å². The van der Waals surface area contributed by atoms with Crippen molar-refractivity contribution in [2.45, 2.75) is 24.9 Å². The van der Waals surface area contributed by atoms with E-state index < -0.39 is 11.9 Å². The van der Waals surface area contributed by atoms with Gasteiger partial charge in [0.15, 0.2) is 5.69 Å². The molecule has 0 unspecified atom stereocenters. The van der Waals surface area contributed by atoms with Gasteiger partial charge < -0.3 is 9.47 Å². The van der Waals surface area contributed by atoms with Crippen molar-refractivity contribution >= 4 is 5.91 Å². The number of likely N-dealkylation sites (tertiary alicyclic amines) is 1. The minimum atomic E-state index is -4.46. The van der Waals surface area contributed by atoms with E-state index in [1.165, 1.54) is 17.0 Å². The first-order chi connectivity index (χ1) is 10.9. The zero-order valence-corrected chi connectivity index (χ0v) is 12.5. The Morgan fingerprint density at radius 3 is 2.83 bits per heavy atom. The molecule has 0 radical (unpaired) electrons. The van der Waals surface area contributed by atoms with Crippen LogP contribution in [0.3, 0.4) is 0 Å². The summed E-state index contributed by atoms with van der Waals surface area (Å²) in [5.74, 6) is -0.0172. The van der Waals surface area contributed by atoms with Crippen LogP contribution in [0.1, 0.15) is 40.6 Å². The lowest BCUT2D eigenvalue weighted by atomic mass is 9.96. The van der Waals surface area contributed by atoms with Crippen LogP contribution >= 0.6 is 0 Å². The maximum Gasteiger partial charge on any atom is 0.434 e. The number of aryl methyl sites for hydroxylation is 1. The first-order valence-corrected chi connectivity index (χ1v) is 7.25. The van der Waals surface area contributed by atoms with Crippen molar-refractivity contribution in [3.05, 3.63) is 35.7 Å². The third kappa shape index (κ3) is 3.08. The third-order valence-electron chi connectivity index (χ3n) is 4.02. The molecule has 2 aromatic heterocycles. The first-order valence-electron chi connectivity index (χ1n) is 7.25. The lowest BCUT2D eigenvalue weighted by Gasteiger charge is -2.32. The lowest BCUT2D eigenvalue weighted by Crippen LogP contribution is -2.39. The van der Waals surface area contributed by atoms with Crippen LogP contribution in [0.4, 0.5) is 13.2 Å². The molecular weight excluding hydrogens is 311 g/mol. The zero-order chi connectivity index (χ0) is 16.6. The molecule has 1 fully saturated rings. The predicted octanol–water partition coefficient (Wildman–Crippen LogP) is 2.18. The molecule has 0 aromatic carbocycles. The Hall–Kier alpha value is -2.32. The van der Waals surface area contributed by atoms with Gasteiger partial charge in [0.2, 0.25) is 0 Å². The van der Waals surface area contributed by atoms with Gasteiger partial charge in [-0.15, -0.1) is 0 Å². The fourth-order valence-corrected chi connectivity index (χ4v) is 2.92. The van der Waals surface area contributed by atoms with Crippen LogP contribution in [-0.2, 0) is 13.2 Å². The summed E-state index contributed by atoms with van der Waals surface area (Å²) in [6.45, 7) is 0.934. The zero-order valence-electron chi connectivity index (χ0n) is 12.5. The molecule has 0 bridgehead atoms. The first kappa shape index (κ1) is 15.6. The van der Waals surface area contributed by atoms with Crippen molar-refractivity contribution in [3.63, 3.8) is 0 Å². The standard InChI is InChI=1S/C14H16F3N5O/c1-21-8-11(14(15,16)17)20-12(21)9-3-2-4-22(7-9)13(23)10-5-18-19-6-10/h5-6,8-9H,2-4,7H2,1H3,(H,18,19)/t9-/m1/s1. The predicted molar refractivity (Wildman–Crippen MR) is 74.7 cm³/mol. The number of rotatable bonds is 2. The lowest BCUT2D eigenvalue weighted by molar-refractivity contribution is -0.141. The molecule has 1 saturated heterocycles. The second-order valence-corrected chi connectivity index (χ2v) is 5.67. The average Bonchev–Trinajstić information content (AvgIpc) is 3.15. The molecule has 0 spiro atoms. The number of imidazole rings is 1. The van der Waals surface area contributed by atoms with Gasteiger partial charge in [-0.3, -0.25) is 9.89 Å². The van der Waals surface area contributed by atoms with E-state index in [1.807, 2.05) is 0 Å². The number of nitrogens with one attached hydrogen (secondary N) is 1. The summed E-state index contributed by atoms with van der Waals surface area (Å²) < 4.78 is 39.8. The fourth-order valence-electron chi connectivity index (χ4n) is 2.92. The summed E-state index contributed by atoms with van der Waals surface area (Å²) >= 11 is 0. The van der Waals surface area contributed by atoms with Gasteiger partial charge in [0, 0.05) is 38.4 Å². The van der Waals surface area contributed by atoms with Crippen LogP contribution < -0.4 is 0 Å². The number of amides is 1.